The fourth-order valence-corrected chi connectivity index (χ4v) is 3.01. The van der Waals surface area contributed by atoms with Gasteiger partial charge in [-0.25, -0.2) is 9.97 Å². The van der Waals surface area contributed by atoms with E-state index in [1.54, 1.807) is 6.92 Å². The Morgan fingerprint density at radius 1 is 1.36 bits per heavy atom. The van der Waals surface area contributed by atoms with Crippen molar-refractivity contribution in [2.45, 2.75) is 32.5 Å². The van der Waals surface area contributed by atoms with E-state index in [4.69, 9.17) is 4.74 Å². The zero-order valence-corrected chi connectivity index (χ0v) is 14.0. The van der Waals surface area contributed by atoms with E-state index in [0.29, 0.717) is 29.3 Å². The molecule has 0 aromatic carbocycles. The Bertz CT molecular complexity index is 793. The van der Waals surface area contributed by atoms with Crippen LogP contribution in [0.4, 0.5) is 13.2 Å². The van der Waals surface area contributed by atoms with E-state index in [2.05, 4.69) is 24.9 Å². The van der Waals surface area contributed by atoms with Crippen molar-refractivity contribution in [3.63, 3.8) is 0 Å². The van der Waals surface area contributed by atoms with Gasteiger partial charge in [0.1, 0.15) is 10.7 Å². The van der Waals surface area contributed by atoms with Gasteiger partial charge in [-0.05, 0) is 18.5 Å². The number of halogens is 3. The zero-order chi connectivity index (χ0) is 18.0. The number of alkyl halides is 3. The standard InChI is InChI=1S/C14H14F3N5O2S/c1-7-11(25-22-21-7)13(23)18-4-2-10-19-9-3-5-24-6-8(9)12(20-10)14(15,16)17/h2-6H2,1H3,(H,18,23). The van der Waals surface area contributed by atoms with Crippen LogP contribution in [-0.4, -0.2) is 38.6 Å². The fourth-order valence-electron chi connectivity index (χ4n) is 2.44. The summed E-state index contributed by atoms with van der Waals surface area (Å²) in [6.07, 6.45) is -4.17. The van der Waals surface area contributed by atoms with E-state index >= 15 is 0 Å². The summed E-state index contributed by atoms with van der Waals surface area (Å²) in [6, 6.07) is 0. The molecule has 0 fully saturated rings. The van der Waals surface area contributed by atoms with E-state index in [1.807, 2.05) is 0 Å². The number of carbonyl (C=O) groups is 1. The molecule has 0 saturated heterocycles. The Labute approximate surface area is 144 Å². The molecule has 0 atom stereocenters. The highest BCUT2D eigenvalue weighted by molar-refractivity contribution is 7.07. The lowest BCUT2D eigenvalue weighted by Crippen LogP contribution is -2.27. The predicted octanol–water partition coefficient (Wildman–Crippen LogP) is 1.70. The molecule has 7 nitrogen and oxygen atoms in total. The molecule has 0 aliphatic carbocycles. The summed E-state index contributed by atoms with van der Waals surface area (Å²) >= 11 is 0.961. The van der Waals surface area contributed by atoms with E-state index in [-0.39, 0.29) is 36.9 Å². The van der Waals surface area contributed by atoms with E-state index in [1.165, 1.54) is 0 Å². The number of fused-ring (bicyclic) bond motifs is 1. The number of hydrogen-bond acceptors (Lipinski definition) is 7. The highest BCUT2D eigenvalue weighted by Crippen LogP contribution is 2.33. The third-order valence-corrected chi connectivity index (χ3v) is 4.46. The SMILES string of the molecule is Cc1nnsc1C(=O)NCCc1nc2c(c(C(F)(F)F)n1)COCC2. The van der Waals surface area contributed by atoms with Gasteiger partial charge in [0.05, 0.1) is 24.6 Å². The highest BCUT2D eigenvalue weighted by Gasteiger charge is 2.38. The summed E-state index contributed by atoms with van der Waals surface area (Å²) in [5.74, 6) is -0.317. The largest absolute Gasteiger partial charge is 0.433 e. The maximum atomic E-state index is 13.2. The molecule has 2 aromatic rings. The summed E-state index contributed by atoms with van der Waals surface area (Å²) < 4.78 is 48.4. The molecule has 1 aliphatic rings. The third kappa shape index (κ3) is 3.93. The minimum Gasteiger partial charge on any atom is -0.376 e. The van der Waals surface area contributed by atoms with Crippen LogP contribution in [0.5, 0.6) is 0 Å². The lowest BCUT2D eigenvalue weighted by atomic mass is 10.1. The number of amides is 1. The molecule has 1 aliphatic heterocycles. The summed E-state index contributed by atoms with van der Waals surface area (Å²) in [6.45, 7) is 1.96. The lowest BCUT2D eigenvalue weighted by Gasteiger charge is -2.20. The Hall–Kier alpha value is -2.14. The molecule has 0 bridgehead atoms. The second-order valence-corrected chi connectivity index (χ2v) is 6.16. The number of hydrogen-bond donors (Lipinski definition) is 1. The number of aryl methyl sites for hydroxylation is 1. The first-order chi connectivity index (χ1) is 11.9. The van der Waals surface area contributed by atoms with Crippen LogP contribution in [0.3, 0.4) is 0 Å². The Morgan fingerprint density at radius 2 is 2.16 bits per heavy atom. The molecule has 1 amide bonds. The molecular formula is C14H14F3N5O2S. The second-order valence-electron chi connectivity index (χ2n) is 5.41. The fraction of sp³-hybridized carbons (Fsp3) is 0.500. The van der Waals surface area contributed by atoms with Gasteiger partial charge in [0, 0.05) is 24.9 Å². The topological polar surface area (TPSA) is 89.9 Å². The minimum absolute atomic E-state index is 0.00195. The molecule has 0 unspecified atom stereocenters. The van der Waals surface area contributed by atoms with Gasteiger partial charge in [0.15, 0.2) is 5.69 Å². The third-order valence-electron chi connectivity index (χ3n) is 3.63. The first kappa shape index (κ1) is 17.7. The quantitative estimate of drug-likeness (QED) is 0.877. The van der Waals surface area contributed by atoms with E-state index in [0.717, 1.165) is 11.5 Å². The predicted molar refractivity (Wildman–Crippen MR) is 81.1 cm³/mol. The van der Waals surface area contributed by atoms with Gasteiger partial charge in [-0.1, -0.05) is 4.49 Å². The van der Waals surface area contributed by atoms with Crippen molar-refractivity contribution >= 4 is 17.4 Å². The van der Waals surface area contributed by atoms with Crippen LogP contribution in [-0.2, 0) is 30.4 Å². The van der Waals surface area contributed by atoms with Crippen LogP contribution in [0.1, 0.15) is 38.1 Å². The molecule has 0 spiro atoms. The van der Waals surface area contributed by atoms with Crippen molar-refractivity contribution in [1.29, 1.82) is 0 Å². The summed E-state index contributed by atoms with van der Waals surface area (Å²) in [5, 5.41) is 6.36. The summed E-state index contributed by atoms with van der Waals surface area (Å²) in [5.41, 5.74) is -0.0942. The number of nitrogens with zero attached hydrogens (tertiary/aromatic N) is 4. The molecule has 0 radical (unpaired) electrons. The van der Waals surface area contributed by atoms with Gasteiger partial charge in [-0.3, -0.25) is 4.79 Å². The molecule has 3 rings (SSSR count). The Morgan fingerprint density at radius 3 is 2.84 bits per heavy atom. The van der Waals surface area contributed by atoms with Crippen molar-refractivity contribution in [2.75, 3.05) is 13.2 Å². The van der Waals surface area contributed by atoms with Crippen LogP contribution in [0.2, 0.25) is 0 Å². The minimum atomic E-state index is -4.57. The summed E-state index contributed by atoms with van der Waals surface area (Å²) in [4.78, 5) is 20.2. The molecule has 134 valence electrons. The maximum absolute atomic E-state index is 13.2. The Kier molecular flexibility index (Phi) is 4.95. The van der Waals surface area contributed by atoms with Crippen molar-refractivity contribution in [3.05, 3.63) is 33.3 Å². The number of rotatable bonds is 4. The zero-order valence-electron chi connectivity index (χ0n) is 13.2. The van der Waals surface area contributed by atoms with Gasteiger partial charge >= 0.3 is 6.18 Å². The molecule has 0 saturated carbocycles. The average molecular weight is 373 g/mol. The smallest absolute Gasteiger partial charge is 0.376 e. The monoisotopic (exact) mass is 373 g/mol. The van der Waals surface area contributed by atoms with Gasteiger partial charge < -0.3 is 10.1 Å². The number of ether oxygens (including phenoxy) is 1. The highest BCUT2D eigenvalue weighted by atomic mass is 32.1. The first-order valence-electron chi connectivity index (χ1n) is 7.47. The van der Waals surface area contributed by atoms with Crippen LogP contribution >= 0.6 is 11.5 Å². The van der Waals surface area contributed by atoms with Crippen LogP contribution in [0.15, 0.2) is 0 Å². The van der Waals surface area contributed by atoms with Crippen LogP contribution < -0.4 is 5.32 Å². The van der Waals surface area contributed by atoms with Crippen LogP contribution in [0, 0.1) is 6.92 Å². The van der Waals surface area contributed by atoms with Crippen LogP contribution in [0.25, 0.3) is 0 Å². The number of aromatic nitrogens is 4. The molecule has 3 heterocycles. The van der Waals surface area contributed by atoms with Crippen molar-refractivity contribution in [3.8, 4) is 0 Å². The van der Waals surface area contributed by atoms with E-state index in [9.17, 15) is 18.0 Å². The second kappa shape index (κ2) is 7.00. The number of carbonyl (C=O) groups excluding carboxylic acids is 1. The molecule has 25 heavy (non-hydrogen) atoms. The van der Waals surface area contributed by atoms with Crippen molar-refractivity contribution in [2.24, 2.45) is 0 Å². The van der Waals surface area contributed by atoms with Crippen molar-refractivity contribution in [1.82, 2.24) is 24.9 Å². The van der Waals surface area contributed by atoms with Gasteiger partial charge in [-0.15, -0.1) is 5.10 Å². The van der Waals surface area contributed by atoms with Gasteiger partial charge in [0.25, 0.3) is 5.91 Å². The first-order valence-corrected chi connectivity index (χ1v) is 8.24. The summed E-state index contributed by atoms with van der Waals surface area (Å²) in [7, 11) is 0. The maximum Gasteiger partial charge on any atom is 0.433 e. The molecule has 11 heteroatoms. The van der Waals surface area contributed by atoms with Crippen molar-refractivity contribution < 1.29 is 22.7 Å². The molecular weight excluding hydrogens is 359 g/mol. The van der Waals surface area contributed by atoms with Gasteiger partial charge in [0.2, 0.25) is 0 Å². The Balaban J connectivity index is 1.72. The molecule has 2 aromatic heterocycles. The molecule has 1 N–H and O–H groups in total. The normalized spacial score (nSPS) is 14.2. The van der Waals surface area contributed by atoms with E-state index < -0.39 is 11.9 Å². The average Bonchev–Trinajstić information content (AvgIpc) is 2.99. The van der Waals surface area contributed by atoms with Gasteiger partial charge in [-0.2, -0.15) is 13.2 Å². The lowest BCUT2D eigenvalue weighted by molar-refractivity contribution is -0.143. The number of nitrogens with one attached hydrogen (secondary N) is 1.